The number of aromatic nitrogens is 3. The molecular formula is C17H28N6O2. The number of hydrogen-bond donors (Lipinski definition) is 0. The third-order valence-electron chi connectivity index (χ3n) is 5.52. The van der Waals surface area contributed by atoms with E-state index in [9.17, 15) is 0 Å². The third kappa shape index (κ3) is 3.50. The Bertz CT molecular complexity index is 593. The molecule has 0 spiro atoms. The average Bonchev–Trinajstić information content (AvgIpc) is 2.90. The molecule has 3 fully saturated rings. The Kier molecular flexibility index (Phi) is 4.89. The van der Waals surface area contributed by atoms with Crippen LogP contribution in [-0.4, -0.2) is 85.5 Å². The molecule has 3 saturated heterocycles. The topological polar surface area (TPSA) is 66.8 Å². The fourth-order valence-corrected chi connectivity index (χ4v) is 4.00. The molecule has 25 heavy (non-hydrogen) atoms. The molecule has 2 atom stereocenters. The first kappa shape index (κ1) is 16.8. The van der Waals surface area contributed by atoms with Crippen molar-refractivity contribution in [3.63, 3.8) is 0 Å². The maximum absolute atomic E-state index is 5.95. The zero-order valence-corrected chi connectivity index (χ0v) is 15.2. The fourth-order valence-electron chi connectivity index (χ4n) is 4.00. The highest BCUT2D eigenvalue weighted by Crippen LogP contribution is 2.27. The van der Waals surface area contributed by atoms with E-state index in [1.165, 1.54) is 25.7 Å². The van der Waals surface area contributed by atoms with Gasteiger partial charge in [0.15, 0.2) is 0 Å². The van der Waals surface area contributed by atoms with Crippen molar-refractivity contribution in [1.29, 1.82) is 0 Å². The number of nitrogens with zero attached hydrogens (tertiary/aromatic N) is 6. The fraction of sp³-hybridized carbons (Fsp3) is 0.824. The van der Waals surface area contributed by atoms with Gasteiger partial charge in [-0.3, -0.25) is 4.90 Å². The number of anilines is 2. The second-order valence-electron chi connectivity index (χ2n) is 7.19. The first-order valence-electron chi connectivity index (χ1n) is 9.36. The Balaban J connectivity index is 1.57. The summed E-state index contributed by atoms with van der Waals surface area (Å²) in [4.78, 5) is 20.7. The molecule has 8 heteroatoms. The minimum atomic E-state index is 0.225. The molecule has 1 aromatic rings. The van der Waals surface area contributed by atoms with Gasteiger partial charge in [-0.1, -0.05) is 12.8 Å². The summed E-state index contributed by atoms with van der Waals surface area (Å²) in [7, 11) is 3.78. The van der Waals surface area contributed by atoms with Crippen LogP contribution in [0.3, 0.4) is 0 Å². The lowest BCUT2D eigenvalue weighted by molar-refractivity contribution is -0.0362. The third-order valence-corrected chi connectivity index (χ3v) is 5.52. The second kappa shape index (κ2) is 7.29. The van der Waals surface area contributed by atoms with Crippen LogP contribution >= 0.6 is 0 Å². The molecular weight excluding hydrogens is 320 g/mol. The van der Waals surface area contributed by atoms with Gasteiger partial charge < -0.3 is 19.3 Å². The lowest BCUT2D eigenvalue weighted by Gasteiger charge is -2.33. The van der Waals surface area contributed by atoms with Crippen molar-refractivity contribution in [2.45, 2.75) is 37.8 Å². The first-order valence-corrected chi connectivity index (χ1v) is 9.36. The molecule has 0 N–H and O–H groups in total. The van der Waals surface area contributed by atoms with Crippen molar-refractivity contribution in [1.82, 2.24) is 19.9 Å². The van der Waals surface area contributed by atoms with E-state index in [0.29, 0.717) is 18.0 Å². The van der Waals surface area contributed by atoms with E-state index >= 15 is 0 Å². The predicted octanol–water partition coefficient (Wildman–Crippen LogP) is 0.780. The standard InChI is InChI=1S/C17H28N6O2/c1-21-9-10-25-14-12-23(11-13(14)21)16-18-15(19-17(20-16)24-2)22-7-5-3-4-6-8-22/h13-14H,3-12H2,1-2H3. The number of morpholine rings is 1. The van der Waals surface area contributed by atoms with Gasteiger partial charge in [0.2, 0.25) is 11.9 Å². The molecule has 1 aromatic heterocycles. The van der Waals surface area contributed by atoms with Crippen molar-refractivity contribution < 1.29 is 9.47 Å². The van der Waals surface area contributed by atoms with E-state index in [-0.39, 0.29) is 6.10 Å². The van der Waals surface area contributed by atoms with Crippen LogP contribution in [0, 0.1) is 0 Å². The van der Waals surface area contributed by atoms with Crippen LogP contribution < -0.4 is 14.5 Å². The molecule has 4 rings (SSSR count). The lowest BCUT2D eigenvalue weighted by atomic mass is 10.1. The van der Waals surface area contributed by atoms with Gasteiger partial charge in [-0.15, -0.1) is 0 Å². The second-order valence-corrected chi connectivity index (χ2v) is 7.19. The first-order chi connectivity index (χ1) is 12.2. The number of hydrogen-bond acceptors (Lipinski definition) is 8. The molecule has 3 aliphatic heterocycles. The van der Waals surface area contributed by atoms with Crippen LogP contribution in [0.5, 0.6) is 6.01 Å². The smallest absolute Gasteiger partial charge is 0.322 e. The van der Waals surface area contributed by atoms with Crippen molar-refractivity contribution >= 4 is 11.9 Å². The molecule has 0 amide bonds. The summed E-state index contributed by atoms with van der Waals surface area (Å²) >= 11 is 0. The highest BCUT2D eigenvalue weighted by atomic mass is 16.5. The molecule has 0 saturated carbocycles. The van der Waals surface area contributed by atoms with Crippen molar-refractivity contribution in [2.75, 3.05) is 63.3 Å². The lowest BCUT2D eigenvalue weighted by Crippen LogP contribution is -2.48. The normalized spacial score (nSPS) is 27.9. The van der Waals surface area contributed by atoms with Crippen molar-refractivity contribution in [3.05, 3.63) is 0 Å². The summed E-state index contributed by atoms with van der Waals surface area (Å²) in [6, 6.07) is 0.798. The van der Waals surface area contributed by atoms with Gasteiger partial charge in [-0.2, -0.15) is 15.0 Å². The van der Waals surface area contributed by atoms with E-state index in [2.05, 4.69) is 31.7 Å². The maximum Gasteiger partial charge on any atom is 0.322 e. The molecule has 8 nitrogen and oxygen atoms in total. The van der Waals surface area contributed by atoms with E-state index < -0.39 is 0 Å². The summed E-state index contributed by atoms with van der Waals surface area (Å²) < 4.78 is 11.3. The molecule has 0 aromatic carbocycles. The number of fused-ring (bicyclic) bond motifs is 1. The minimum Gasteiger partial charge on any atom is -0.467 e. The van der Waals surface area contributed by atoms with Gasteiger partial charge in [0.05, 0.1) is 25.9 Å². The van der Waals surface area contributed by atoms with Crippen LogP contribution in [0.1, 0.15) is 25.7 Å². The molecule has 2 unspecified atom stereocenters. The van der Waals surface area contributed by atoms with Gasteiger partial charge in [0, 0.05) is 32.7 Å². The van der Waals surface area contributed by atoms with Gasteiger partial charge in [0.1, 0.15) is 0 Å². The molecule has 0 aliphatic carbocycles. The predicted molar refractivity (Wildman–Crippen MR) is 95.4 cm³/mol. The van der Waals surface area contributed by atoms with Crippen LogP contribution in [0.4, 0.5) is 11.9 Å². The zero-order valence-electron chi connectivity index (χ0n) is 15.2. The summed E-state index contributed by atoms with van der Waals surface area (Å²) in [5.41, 5.74) is 0. The van der Waals surface area contributed by atoms with Gasteiger partial charge in [-0.25, -0.2) is 0 Å². The summed E-state index contributed by atoms with van der Waals surface area (Å²) in [6.07, 6.45) is 5.17. The largest absolute Gasteiger partial charge is 0.467 e. The minimum absolute atomic E-state index is 0.225. The van der Waals surface area contributed by atoms with E-state index in [4.69, 9.17) is 14.5 Å². The Morgan fingerprint density at radius 1 is 0.920 bits per heavy atom. The number of methoxy groups -OCH3 is 1. The zero-order chi connectivity index (χ0) is 17.2. The van der Waals surface area contributed by atoms with E-state index in [1.54, 1.807) is 7.11 Å². The van der Waals surface area contributed by atoms with Crippen LogP contribution in [-0.2, 0) is 4.74 Å². The molecule has 0 bridgehead atoms. The summed E-state index contributed by atoms with van der Waals surface area (Å²) in [6.45, 7) is 5.49. The Morgan fingerprint density at radius 2 is 1.64 bits per heavy atom. The molecule has 0 radical (unpaired) electrons. The van der Waals surface area contributed by atoms with E-state index in [1.807, 2.05) is 0 Å². The summed E-state index contributed by atoms with van der Waals surface area (Å²) in [5.74, 6) is 1.45. The van der Waals surface area contributed by atoms with Crippen LogP contribution in [0.2, 0.25) is 0 Å². The average molecular weight is 348 g/mol. The van der Waals surface area contributed by atoms with Crippen molar-refractivity contribution in [2.24, 2.45) is 0 Å². The Morgan fingerprint density at radius 3 is 2.32 bits per heavy atom. The van der Waals surface area contributed by atoms with E-state index in [0.717, 1.165) is 45.3 Å². The highest BCUT2D eigenvalue weighted by molar-refractivity contribution is 5.42. The highest BCUT2D eigenvalue weighted by Gasteiger charge is 2.40. The summed E-state index contributed by atoms with van der Waals surface area (Å²) in [5, 5.41) is 0. The SMILES string of the molecule is COc1nc(N2CCCCCC2)nc(N2CC3OCCN(C)C3C2)n1. The number of rotatable bonds is 3. The molecule has 138 valence electrons. The van der Waals surface area contributed by atoms with Crippen LogP contribution in [0.15, 0.2) is 0 Å². The quantitative estimate of drug-likeness (QED) is 0.794. The molecule has 4 heterocycles. The van der Waals surface area contributed by atoms with Crippen molar-refractivity contribution in [3.8, 4) is 6.01 Å². The number of likely N-dealkylation sites (N-methyl/N-ethyl adjacent to an activating group) is 1. The number of ether oxygens (including phenoxy) is 2. The van der Waals surface area contributed by atoms with Gasteiger partial charge >= 0.3 is 6.01 Å². The van der Waals surface area contributed by atoms with Gasteiger partial charge in [-0.05, 0) is 19.9 Å². The van der Waals surface area contributed by atoms with Crippen LogP contribution in [0.25, 0.3) is 0 Å². The maximum atomic E-state index is 5.95. The Hall–Kier alpha value is -1.67. The molecule has 3 aliphatic rings. The Labute approximate surface area is 149 Å². The monoisotopic (exact) mass is 348 g/mol. The van der Waals surface area contributed by atoms with Gasteiger partial charge in [0.25, 0.3) is 0 Å².